The molecule has 3 nitrogen and oxygen atoms in total. The number of allylic oxidation sites excluding steroid dienone is 2. The predicted molar refractivity (Wildman–Crippen MR) is 199 cm³/mol. The molecule has 254 valence electrons. The molecule has 8 rings (SSSR count). The number of rotatable bonds is 5. The fourth-order valence-corrected chi connectivity index (χ4v) is 16.6. The SMILES string of the molecule is CC1(C)O[C@@H]2C3[C@H](CC[C@]4(C)C(c5ccccc5)=CC[C@@H]34)[C@@]3(C)CC[C@H](O[Si](c4ccccc4)(c4ccccc4)C(C)(C)C)CC3[C@H]2O1. The summed E-state index contributed by atoms with van der Waals surface area (Å²) in [6.07, 6.45) is 10.0. The van der Waals surface area contributed by atoms with E-state index in [9.17, 15) is 0 Å². The Hall–Kier alpha value is -2.50. The first-order valence-corrected chi connectivity index (χ1v) is 20.7. The van der Waals surface area contributed by atoms with Crippen LogP contribution < -0.4 is 10.4 Å². The molecule has 0 aromatic heterocycles. The van der Waals surface area contributed by atoms with Gasteiger partial charge in [-0.25, -0.2) is 0 Å². The van der Waals surface area contributed by atoms with Crippen molar-refractivity contribution in [3.63, 3.8) is 0 Å². The summed E-state index contributed by atoms with van der Waals surface area (Å²) in [4.78, 5) is 0. The lowest BCUT2D eigenvalue weighted by molar-refractivity contribution is -0.180. The highest BCUT2D eigenvalue weighted by atomic mass is 28.4. The van der Waals surface area contributed by atoms with Crippen LogP contribution in [0.1, 0.15) is 92.6 Å². The minimum absolute atomic E-state index is 0.0363. The number of ether oxygens (including phenoxy) is 2. The van der Waals surface area contributed by atoms with E-state index in [-0.39, 0.29) is 34.2 Å². The highest BCUT2D eigenvalue weighted by molar-refractivity contribution is 6.99. The molecule has 9 atom stereocenters. The summed E-state index contributed by atoms with van der Waals surface area (Å²) in [6.45, 7) is 16.7. The molecule has 48 heavy (non-hydrogen) atoms. The molecule has 4 aliphatic carbocycles. The van der Waals surface area contributed by atoms with Gasteiger partial charge in [-0.3, -0.25) is 0 Å². The third-order valence-electron chi connectivity index (χ3n) is 13.9. The van der Waals surface area contributed by atoms with E-state index in [4.69, 9.17) is 13.9 Å². The highest BCUT2D eigenvalue weighted by Gasteiger charge is 2.68. The van der Waals surface area contributed by atoms with Crippen molar-refractivity contribution >= 4 is 24.3 Å². The molecule has 4 fully saturated rings. The lowest BCUT2D eigenvalue weighted by Gasteiger charge is -2.63. The molecule has 3 aromatic rings. The van der Waals surface area contributed by atoms with Gasteiger partial charge in [-0.05, 0) is 113 Å². The van der Waals surface area contributed by atoms with Crippen molar-refractivity contribution in [1.29, 1.82) is 0 Å². The van der Waals surface area contributed by atoms with Crippen molar-refractivity contribution in [2.45, 2.75) is 116 Å². The topological polar surface area (TPSA) is 27.7 Å². The minimum atomic E-state index is -2.66. The Kier molecular flexibility index (Phi) is 7.84. The summed E-state index contributed by atoms with van der Waals surface area (Å²) in [6, 6.07) is 33.5. The summed E-state index contributed by atoms with van der Waals surface area (Å²) in [5.74, 6) is 1.56. The van der Waals surface area contributed by atoms with Gasteiger partial charge in [-0.15, -0.1) is 0 Å². The van der Waals surface area contributed by atoms with Crippen molar-refractivity contribution in [3.05, 3.63) is 103 Å². The molecular weight excluding hydrogens is 605 g/mol. The van der Waals surface area contributed by atoms with Crippen molar-refractivity contribution in [1.82, 2.24) is 0 Å². The second-order valence-corrected chi connectivity index (χ2v) is 22.1. The standard InChI is InChI=1S/C44H56O3Si/c1-41(2,3)48(32-19-13-9-14-20-32,33-21-15-10-16-22-33)47-31-25-27-44(7)36-26-28-43(6)34(30-17-11-8-12-18-30)23-24-35(43)38(36)40-39(37(44)29-31)45-42(4,5)46-40/h8-23,31,35-40H,24-29H2,1-7H3/t31-,35-,36-,37?,38?,39+,40+,43+,44+/m0/s1. The van der Waals surface area contributed by atoms with Crippen molar-refractivity contribution in [2.24, 2.45) is 34.5 Å². The Morgan fingerprint density at radius 1 is 0.688 bits per heavy atom. The first-order chi connectivity index (χ1) is 22.9. The van der Waals surface area contributed by atoms with Crippen LogP contribution >= 0.6 is 0 Å². The molecule has 2 unspecified atom stereocenters. The highest BCUT2D eigenvalue weighted by Crippen LogP contribution is 2.69. The van der Waals surface area contributed by atoms with Crippen molar-refractivity contribution in [3.8, 4) is 0 Å². The molecule has 1 heterocycles. The van der Waals surface area contributed by atoms with Gasteiger partial charge in [0, 0.05) is 6.10 Å². The first-order valence-electron chi connectivity index (χ1n) is 18.8. The molecule has 0 amide bonds. The van der Waals surface area contributed by atoms with Crippen molar-refractivity contribution in [2.75, 3.05) is 0 Å². The Balaban J connectivity index is 1.15. The fraction of sp³-hybridized carbons (Fsp3) is 0.545. The van der Waals surface area contributed by atoms with Gasteiger partial charge >= 0.3 is 0 Å². The van der Waals surface area contributed by atoms with Crippen LogP contribution in [0.4, 0.5) is 0 Å². The van der Waals surface area contributed by atoms with E-state index in [0.717, 1.165) is 19.3 Å². The van der Waals surface area contributed by atoms with Gasteiger partial charge in [0.05, 0.1) is 12.2 Å². The van der Waals surface area contributed by atoms with E-state index in [1.807, 2.05) is 0 Å². The van der Waals surface area contributed by atoms with Crippen molar-refractivity contribution < 1.29 is 13.9 Å². The maximum atomic E-state index is 7.83. The van der Waals surface area contributed by atoms with E-state index in [0.29, 0.717) is 23.7 Å². The monoisotopic (exact) mass is 660 g/mol. The van der Waals surface area contributed by atoms with Gasteiger partial charge in [0.15, 0.2) is 5.79 Å². The third-order valence-corrected chi connectivity index (χ3v) is 19.0. The summed E-state index contributed by atoms with van der Waals surface area (Å²) in [7, 11) is -2.66. The largest absolute Gasteiger partial charge is 0.404 e. The molecular formula is C44H56O3Si. The van der Waals surface area contributed by atoms with E-state index >= 15 is 0 Å². The summed E-state index contributed by atoms with van der Waals surface area (Å²) < 4.78 is 22.0. The Labute approximate surface area is 290 Å². The quantitative estimate of drug-likeness (QED) is 0.255. The maximum Gasteiger partial charge on any atom is 0.261 e. The van der Waals surface area contributed by atoms with Gasteiger partial charge in [0.25, 0.3) is 8.32 Å². The minimum Gasteiger partial charge on any atom is -0.404 e. The molecule has 4 heteroatoms. The zero-order chi connectivity index (χ0) is 33.5. The summed E-state index contributed by atoms with van der Waals surface area (Å²) >= 11 is 0. The number of hydrogen-bond acceptors (Lipinski definition) is 3. The second-order valence-electron chi connectivity index (χ2n) is 17.8. The van der Waals surface area contributed by atoms with E-state index < -0.39 is 14.1 Å². The first kappa shape index (κ1) is 32.7. The fourth-order valence-electron chi connectivity index (χ4n) is 11.8. The lowest BCUT2D eigenvalue weighted by Crippen LogP contribution is -2.69. The Morgan fingerprint density at radius 2 is 1.27 bits per heavy atom. The van der Waals surface area contributed by atoms with E-state index in [2.05, 4.69) is 146 Å². The Morgan fingerprint density at radius 3 is 1.88 bits per heavy atom. The van der Waals surface area contributed by atoms with Gasteiger partial charge in [0.2, 0.25) is 0 Å². The summed E-state index contributed by atoms with van der Waals surface area (Å²) in [5, 5.41) is 2.70. The van der Waals surface area contributed by atoms with Crippen LogP contribution in [0.15, 0.2) is 97.1 Å². The van der Waals surface area contributed by atoms with Crippen LogP contribution in [0.2, 0.25) is 5.04 Å². The van der Waals surface area contributed by atoms with Crippen LogP contribution in [-0.4, -0.2) is 32.4 Å². The van der Waals surface area contributed by atoms with Gasteiger partial charge in [0.1, 0.15) is 0 Å². The van der Waals surface area contributed by atoms with Gasteiger partial charge < -0.3 is 13.9 Å². The van der Waals surface area contributed by atoms with Crippen LogP contribution in [0.5, 0.6) is 0 Å². The second kappa shape index (κ2) is 11.5. The molecule has 3 saturated carbocycles. The van der Waals surface area contributed by atoms with Crippen LogP contribution in [0.25, 0.3) is 5.57 Å². The van der Waals surface area contributed by atoms with Gasteiger partial charge in [-0.1, -0.05) is 132 Å². The zero-order valence-electron chi connectivity index (χ0n) is 30.2. The smallest absolute Gasteiger partial charge is 0.261 e. The number of fused-ring (bicyclic) bond motifs is 8. The Bertz CT molecular complexity index is 1610. The average molecular weight is 661 g/mol. The normalized spacial score (nSPS) is 37.1. The number of hydrogen-bond donors (Lipinski definition) is 0. The third kappa shape index (κ3) is 4.91. The molecule has 0 spiro atoms. The summed E-state index contributed by atoms with van der Waals surface area (Å²) in [5.41, 5.74) is 3.35. The molecule has 5 aliphatic rings. The zero-order valence-corrected chi connectivity index (χ0v) is 31.2. The van der Waals surface area contributed by atoms with Crippen LogP contribution in [0, 0.1) is 34.5 Å². The molecule has 0 radical (unpaired) electrons. The van der Waals surface area contributed by atoms with Crippen LogP contribution in [0.3, 0.4) is 0 Å². The van der Waals surface area contributed by atoms with Crippen LogP contribution in [-0.2, 0) is 13.9 Å². The molecule has 0 bridgehead atoms. The number of benzene rings is 3. The van der Waals surface area contributed by atoms with E-state index in [1.54, 1.807) is 5.57 Å². The lowest BCUT2D eigenvalue weighted by atomic mass is 9.43. The molecule has 1 aliphatic heterocycles. The molecule has 3 aromatic carbocycles. The maximum absolute atomic E-state index is 7.83. The van der Waals surface area contributed by atoms with Gasteiger partial charge in [-0.2, -0.15) is 0 Å². The molecule has 1 saturated heterocycles. The molecule has 0 N–H and O–H groups in total. The average Bonchev–Trinajstić information content (AvgIpc) is 3.60. The van der Waals surface area contributed by atoms with E-state index in [1.165, 1.54) is 35.2 Å². The predicted octanol–water partition coefficient (Wildman–Crippen LogP) is 9.41.